The zero-order chi connectivity index (χ0) is 9.30. The molecule has 0 bridgehead atoms. The van der Waals surface area contributed by atoms with Crippen LogP contribution in [-0.2, 0) is 28.6 Å². The molecule has 1 aromatic carbocycles. The number of rotatable bonds is 1. The maximum absolute atomic E-state index is 12.7. The Morgan fingerprint density at radius 1 is 1.00 bits per heavy atom. The standard InChI is InChI=1S/C7H3F4.Hf/c1-3-6(10)4(8)2-5(9)7(3)11;/h2H,1H2;. The van der Waals surface area contributed by atoms with Crippen LogP contribution < -0.4 is 0 Å². The van der Waals surface area contributed by atoms with Crippen LogP contribution in [0.2, 0.25) is 0 Å². The van der Waals surface area contributed by atoms with Crippen LogP contribution in [-0.4, -0.2) is 0 Å². The van der Waals surface area contributed by atoms with Gasteiger partial charge in [0.15, 0.2) is 0 Å². The van der Waals surface area contributed by atoms with Gasteiger partial charge in [-0.1, -0.05) is 0 Å². The van der Waals surface area contributed by atoms with Gasteiger partial charge in [0.05, 0.1) is 0 Å². The summed E-state index contributed by atoms with van der Waals surface area (Å²) in [4.78, 5) is 0. The van der Waals surface area contributed by atoms with Crippen molar-refractivity contribution in [3.05, 3.63) is 34.9 Å². The number of benzene rings is 1. The Morgan fingerprint density at radius 3 is 1.75 bits per heavy atom. The quantitative estimate of drug-likeness (QED) is 0.418. The van der Waals surface area contributed by atoms with Crippen molar-refractivity contribution < 1.29 is 41.9 Å². The number of hydrogen-bond donors (Lipinski definition) is 0. The normalized spacial score (nSPS) is 10.2. The van der Waals surface area contributed by atoms with Crippen molar-refractivity contribution in [2.75, 3.05) is 0 Å². The summed E-state index contributed by atoms with van der Waals surface area (Å²) in [6.45, 7) is 0. The fourth-order valence-electron chi connectivity index (χ4n) is 0.778. The average molecular weight is 342 g/mol. The second-order valence-corrected chi connectivity index (χ2v) is 3.39. The van der Waals surface area contributed by atoms with Gasteiger partial charge in [0.25, 0.3) is 0 Å². The van der Waals surface area contributed by atoms with Gasteiger partial charge >= 0.3 is 81.0 Å². The summed E-state index contributed by atoms with van der Waals surface area (Å²) in [5.41, 5.74) is -0.487. The van der Waals surface area contributed by atoms with Crippen molar-refractivity contribution in [1.82, 2.24) is 0 Å². The predicted molar refractivity (Wildman–Crippen MR) is 30.0 cm³/mol. The van der Waals surface area contributed by atoms with Gasteiger partial charge in [-0.05, 0) is 0 Å². The Morgan fingerprint density at radius 2 is 1.42 bits per heavy atom. The van der Waals surface area contributed by atoms with Gasteiger partial charge in [0.1, 0.15) is 0 Å². The molecule has 1 aromatic rings. The van der Waals surface area contributed by atoms with E-state index in [0.29, 0.717) is 24.4 Å². The minimum absolute atomic E-state index is 0.0619. The molecule has 0 unspecified atom stereocenters. The number of halogens is 4. The van der Waals surface area contributed by atoms with E-state index < -0.39 is 28.8 Å². The monoisotopic (exact) mass is 343 g/mol. The van der Waals surface area contributed by atoms with E-state index in [2.05, 4.69) is 0 Å². The first-order valence-corrected chi connectivity index (χ1v) is 5.58. The van der Waals surface area contributed by atoms with Gasteiger partial charge in [-0.3, -0.25) is 0 Å². The minimum atomic E-state index is -1.33. The third-order valence-corrected chi connectivity index (χ3v) is 2.65. The molecule has 0 amide bonds. The van der Waals surface area contributed by atoms with Crippen molar-refractivity contribution >= 4 is 0 Å². The van der Waals surface area contributed by atoms with Gasteiger partial charge < -0.3 is 0 Å². The molecule has 0 N–H and O–H groups in total. The molecular weight excluding hydrogens is 339 g/mol. The van der Waals surface area contributed by atoms with Crippen LogP contribution in [0, 0.1) is 23.3 Å². The second-order valence-electron chi connectivity index (χ2n) is 2.12. The first-order valence-electron chi connectivity index (χ1n) is 3.04. The average Bonchev–Trinajstić information content (AvgIpc) is 2.02. The van der Waals surface area contributed by atoms with Crippen LogP contribution in [0.4, 0.5) is 17.6 Å². The zero-order valence-electron chi connectivity index (χ0n) is 5.80. The van der Waals surface area contributed by atoms with E-state index in [4.69, 9.17) is 0 Å². The topological polar surface area (TPSA) is 0 Å². The first kappa shape index (κ1) is 9.89. The molecule has 0 aliphatic rings. The second kappa shape index (κ2) is 3.68. The van der Waals surface area contributed by atoms with E-state index in [-0.39, 0.29) is 10.2 Å². The summed E-state index contributed by atoms with van der Waals surface area (Å²) in [7, 11) is 0. The van der Waals surface area contributed by atoms with Gasteiger partial charge in [0.2, 0.25) is 0 Å². The van der Waals surface area contributed by atoms with Crippen LogP contribution in [0.5, 0.6) is 0 Å². The van der Waals surface area contributed by atoms with Gasteiger partial charge in [-0.25, -0.2) is 0 Å². The molecular formula is C7H3F4Hf. The predicted octanol–water partition coefficient (Wildman–Crippen LogP) is 2.29. The summed E-state index contributed by atoms with van der Waals surface area (Å²) in [6.07, 6.45) is 0. The van der Waals surface area contributed by atoms with E-state index in [1.807, 2.05) is 0 Å². The molecule has 0 atom stereocenters. The molecule has 0 radical (unpaired) electrons. The fraction of sp³-hybridized carbons (Fsp3) is 0.143. The molecule has 1 rings (SSSR count). The van der Waals surface area contributed by atoms with Gasteiger partial charge in [-0.2, -0.15) is 0 Å². The summed E-state index contributed by atoms with van der Waals surface area (Å²) < 4.78 is 50.3. The molecule has 63 valence electrons. The molecule has 5 heteroatoms. The zero-order valence-corrected chi connectivity index (χ0v) is 9.39. The Balaban J connectivity index is 3.42. The van der Waals surface area contributed by atoms with Gasteiger partial charge in [-0.15, -0.1) is 0 Å². The molecule has 0 aromatic heterocycles. The summed E-state index contributed by atoms with van der Waals surface area (Å²) in [5, 5.41) is 0. The number of hydrogen-bond acceptors (Lipinski definition) is 0. The van der Waals surface area contributed by atoms with E-state index in [1.165, 1.54) is 0 Å². The Labute approximate surface area is 81.2 Å². The van der Waals surface area contributed by atoms with E-state index in [9.17, 15) is 17.6 Å². The summed E-state index contributed by atoms with van der Waals surface area (Å²) >= 11 is 0.456. The Kier molecular flexibility index (Phi) is 3.04. The molecule has 0 fully saturated rings. The van der Waals surface area contributed by atoms with Crippen LogP contribution in [0.25, 0.3) is 0 Å². The molecule has 12 heavy (non-hydrogen) atoms. The van der Waals surface area contributed by atoms with Crippen molar-refractivity contribution in [3.8, 4) is 0 Å². The molecule has 0 heterocycles. The van der Waals surface area contributed by atoms with E-state index >= 15 is 0 Å². The Hall–Kier alpha value is -0.190. The maximum atomic E-state index is 12.7. The van der Waals surface area contributed by atoms with E-state index in [1.54, 1.807) is 0 Å². The van der Waals surface area contributed by atoms with E-state index in [0.717, 1.165) is 0 Å². The SMILES string of the molecule is Fc1cc(F)c(F)c([CH2][Hf])c1F. The van der Waals surface area contributed by atoms with Crippen molar-refractivity contribution in [1.29, 1.82) is 0 Å². The van der Waals surface area contributed by atoms with Crippen LogP contribution in [0.1, 0.15) is 5.56 Å². The molecule has 0 spiro atoms. The molecule has 0 saturated heterocycles. The van der Waals surface area contributed by atoms with Crippen molar-refractivity contribution in [2.24, 2.45) is 0 Å². The van der Waals surface area contributed by atoms with Crippen LogP contribution in [0.3, 0.4) is 0 Å². The van der Waals surface area contributed by atoms with Crippen molar-refractivity contribution in [2.45, 2.75) is 4.18 Å². The van der Waals surface area contributed by atoms with Crippen LogP contribution >= 0.6 is 0 Å². The van der Waals surface area contributed by atoms with Crippen LogP contribution in [0.15, 0.2) is 6.07 Å². The fourth-order valence-corrected chi connectivity index (χ4v) is 1.89. The molecule has 0 aliphatic carbocycles. The third-order valence-electron chi connectivity index (χ3n) is 1.38. The molecule has 0 aliphatic heterocycles. The Bertz CT molecular complexity index is 285. The van der Waals surface area contributed by atoms with Crippen molar-refractivity contribution in [3.63, 3.8) is 0 Å². The molecule has 0 nitrogen and oxygen atoms in total. The third kappa shape index (κ3) is 1.60. The van der Waals surface area contributed by atoms with Gasteiger partial charge in [0, 0.05) is 0 Å². The summed E-state index contributed by atoms with van der Waals surface area (Å²) in [5.74, 6) is -5.22. The first-order chi connectivity index (χ1) is 5.57. The summed E-state index contributed by atoms with van der Waals surface area (Å²) in [6, 6.07) is 0.214. The molecule has 0 saturated carbocycles.